The van der Waals surface area contributed by atoms with E-state index in [-0.39, 0.29) is 0 Å². The number of rotatable bonds is 4. The van der Waals surface area contributed by atoms with Gasteiger partial charge in [0.1, 0.15) is 11.4 Å². The SMILES string of the molecule is COc1cncc(-c2cn(-c3cc(C(N)=O)ccc3C)nn2)c1. The van der Waals surface area contributed by atoms with Gasteiger partial charge in [0.15, 0.2) is 0 Å². The van der Waals surface area contributed by atoms with Crippen molar-refractivity contribution >= 4 is 5.91 Å². The third-order valence-electron chi connectivity index (χ3n) is 3.48. The van der Waals surface area contributed by atoms with Gasteiger partial charge in [0.05, 0.1) is 25.2 Å². The van der Waals surface area contributed by atoms with Gasteiger partial charge in [-0.2, -0.15) is 0 Å². The van der Waals surface area contributed by atoms with Gasteiger partial charge in [0.2, 0.25) is 5.91 Å². The Kier molecular flexibility index (Phi) is 3.76. The lowest BCUT2D eigenvalue weighted by Gasteiger charge is -2.06. The molecule has 1 aromatic carbocycles. The number of hydrogen-bond donors (Lipinski definition) is 1. The highest BCUT2D eigenvalue weighted by atomic mass is 16.5. The first kappa shape index (κ1) is 14.7. The maximum atomic E-state index is 11.3. The second kappa shape index (κ2) is 5.88. The molecule has 2 N–H and O–H groups in total. The Hall–Kier alpha value is -3.22. The summed E-state index contributed by atoms with van der Waals surface area (Å²) in [5, 5.41) is 8.28. The maximum Gasteiger partial charge on any atom is 0.248 e. The Morgan fingerprint density at radius 2 is 2.09 bits per heavy atom. The summed E-state index contributed by atoms with van der Waals surface area (Å²) in [6.45, 7) is 1.93. The van der Waals surface area contributed by atoms with Crippen molar-refractivity contribution in [1.82, 2.24) is 20.0 Å². The minimum absolute atomic E-state index is 0.422. The Balaban J connectivity index is 2.02. The molecule has 0 fully saturated rings. The number of aromatic nitrogens is 4. The summed E-state index contributed by atoms with van der Waals surface area (Å²) >= 11 is 0. The number of methoxy groups -OCH3 is 1. The molecule has 23 heavy (non-hydrogen) atoms. The molecule has 0 bridgehead atoms. The van der Waals surface area contributed by atoms with Crippen LogP contribution in [-0.4, -0.2) is 33.0 Å². The molecule has 0 aliphatic heterocycles. The van der Waals surface area contributed by atoms with Gasteiger partial charge in [-0.15, -0.1) is 5.10 Å². The first-order valence-corrected chi connectivity index (χ1v) is 6.91. The van der Waals surface area contributed by atoms with Crippen LogP contribution in [0.2, 0.25) is 0 Å². The van der Waals surface area contributed by atoms with Crippen molar-refractivity contribution in [1.29, 1.82) is 0 Å². The number of hydrogen-bond acceptors (Lipinski definition) is 5. The predicted octanol–water partition coefficient (Wildman–Crippen LogP) is 1.75. The number of carbonyl (C=O) groups excluding carboxylic acids is 1. The molecule has 7 nitrogen and oxygen atoms in total. The molecule has 0 aliphatic carbocycles. The van der Waals surface area contributed by atoms with Crippen LogP contribution in [0, 0.1) is 6.92 Å². The Morgan fingerprint density at radius 3 is 2.83 bits per heavy atom. The molecule has 3 rings (SSSR count). The van der Waals surface area contributed by atoms with E-state index in [1.807, 2.05) is 19.1 Å². The highest BCUT2D eigenvalue weighted by Crippen LogP contribution is 2.22. The average Bonchev–Trinajstić information content (AvgIpc) is 3.05. The fraction of sp³-hybridized carbons (Fsp3) is 0.125. The van der Waals surface area contributed by atoms with Crippen LogP contribution >= 0.6 is 0 Å². The fourth-order valence-electron chi connectivity index (χ4n) is 2.19. The molecular weight excluding hydrogens is 294 g/mol. The minimum Gasteiger partial charge on any atom is -0.495 e. The summed E-state index contributed by atoms with van der Waals surface area (Å²) in [6, 6.07) is 7.03. The van der Waals surface area contributed by atoms with E-state index < -0.39 is 5.91 Å². The first-order chi connectivity index (χ1) is 11.1. The lowest BCUT2D eigenvalue weighted by atomic mass is 10.1. The Labute approximate surface area is 132 Å². The fourth-order valence-corrected chi connectivity index (χ4v) is 2.19. The van der Waals surface area contributed by atoms with Crippen molar-refractivity contribution in [3.63, 3.8) is 0 Å². The molecule has 2 heterocycles. The van der Waals surface area contributed by atoms with Gasteiger partial charge >= 0.3 is 0 Å². The van der Waals surface area contributed by atoms with Crippen LogP contribution in [0.1, 0.15) is 15.9 Å². The zero-order chi connectivity index (χ0) is 16.4. The number of primary amides is 1. The normalized spacial score (nSPS) is 10.5. The van der Waals surface area contributed by atoms with Crippen molar-refractivity contribution in [2.75, 3.05) is 7.11 Å². The monoisotopic (exact) mass is 309 g/mol. The van der Waals surface area contributed by atoms with E-state index >= 15 is 0 Å². The molecule has 0 atom stereocenters. The molecule has 0 radical (unpaired) electrons. The molecule has 0 saturated carbocycles. The standard InChI is InChI=1S/C16H15N5O2/c1-10-3-4-11(16(17)22)6-15(10)21-9-14(19-20-21)12-5-13(23-2)8-18-7-12/h3-9H,1-2H3,(H2,17,22). The number of nitrogens with two attached hydrogens (primary N) is 1. The molecule has 0 unspecified atom stereocenters. The van der Waals surface area contributed by atoms with Gasteiger partial charge in [-0.25, -0.2) is 4.68 Å². The number of nitrogens with zero attached hydrogens (tertiary/aromatic N) is 4. The van der Waals surface area contributed by atoms with Gasteiger partial charge in [0, 0.05) is 17.3 Å². The van der Waals surface area contributed by atoms with E-state index in [2.05, 4.69) is 15.3 Å². The van der Waals surface area contributed by atoms with Gasteiger partial charge in [-0.1, -0.05) is 11.3 Å². The van der Waals surface area contributed by atoms with Gasteiger partial charge in [-0.05, 0) is 30.7 Å². The minimum atomic E-state index is -0.483. The highest BCUT2D eigenvalue weighted by Gasteiger charge is 2.10. The molecule has 1 amide bonds. The van der Waals surface area contributed by atoms with Gasteiger partial charge in [0.25, 0.3) is 0 Å². The van der Waals surface area contributed by atoms with Crippen LogP contribution < -0.4 is 10.5 Å². The number of pyridine rings is 1. The van der Waals surface area contributed by atoms with E-state index in [1.54, 1.807) is 42.5 Å². The van der Waals surface area contributed by atoms with Crippen molar-refractivity contribution < 1.29 is 9.53 Å². The molecular formula is C16H15N5O2. The number of amides is 1. The topological polar surface area (TPSA) is 95.9 Å². The average molecular weight is 309 g/mol. The summed E-state index contributed by atoms with van der Waals surface area (Å²) in [6.07, 6.45) is 5.07. The number of benzene rings is 1. The molecule has 7 heteroatoms. The van der Waals surface area contributed by atoms with Crippen LogP contribution in [0.4, 0.5) is 0 Å². The molecule has 0 saturated heterocycles. The van der Waals surface area contributed by atoms with Crippen LogP contribution in [0.15, 0.2) is 42.9 Å². The maximum absolute atomic E-state index is 11.3. The predicted molar refractivity (Wildman–Crippen MR) is 84.4 cm³/mol. The largest absolute Gasteiger partial charge is 0.495 e. The van der Waals surface area contributed by atoms with E-state index in [4.69, 9.17) is 10.5 Å². The lowest BCUT2D eigenvalue weighted by molar-refractivity contribution is 0.100. The third-order valence-corrected chi connectivity index (χ3v) is 3.48. The zero-order valence-corrected chi connectivity index (χ0v) is 12.7. The first-order valence-electron chi connectivity index (χ1n) is 6.91. The smallest absolute Gasteiger partial charge is 0.248 e. The van der Waals surface area contributed by atoms with E-state index in [0.717, 1.165) is 16.8 Å². The van der Waals surface area contributed by atoms with Gasteiger partial charge in [-0.3, -0.25) is 9.78 Å². The number of aryl methyl sites for hydroxylation is 1. The Bertz CT molecular complexity index is 872. The van der Waals surface area contributed by atoms with Crippen LogP contribution in [-0.2, 0) is 0 Å². The van der Waals surface area contributed by atoms with E-state index in [9.17, 15) is 4.79 Å². The highest BCUT2D eigenvalue weighted by molar-refractivity contribution is 5.93. The summed E-state index contributed by atoms with van der Waals surface area (Å²) in [4.78, 5) is 15.5. The molecule has 3 aromatic rings. The summed E-state index contributed by atoms with van der Waals surface area (Å²) in [5.74, 6) is 0.160. The van der Waals surface area contributed by atoms with E-state index in [0.29, 0.717) is 17.0 Å². The lowest BCUT2D eigenvalue weighted by Crippen LogP contribution is -2.12. The second-order valence-electron chi connectivity index (χ2n) is 5.03. The number of ether oxygens (including phenoxy) is 1. The molecule has 2 aromatic heterocycles. The quantitative estimate of drug-likeness (QED) is 0.792. The Morgan fingerprint density at radius 1 is 1.26 bits per heavy atom. The number of carbonyl (C=O) groups is 1. The summed E-state index contributed by atoms with van der Waals surface area (Å²) in [5.41, 5.74) is 8.90. The molecule has 116 valence electrons. The van der Waals surface area contributed by atoms with Crippen molar-refractivity contribution in [2.45, 2.75) is 6.92 Å². The summed E-state index contributed by atoms with van der Waals surface area (Å²) in [7, 11) is 1.58. The summed E-state index contributed by atoms with van der Waals surface area (Å²) < 4.78 is 6.77. The molecule has 0 aliphatic rings. The third kappa shape index (κ3) is 2.89. The van der Waals surface area contributed by atoms with E-state index in [1.165, 1.54) is 0 Å². The van der Waals surface area contributed by atoms with Crippen LogP contribution in [0.3, 0.4) is 0 Å². The second-order valence-corrected chi connectivity index (χ2v) is 5.03. The molecule has 0 spiro atoms. The van der Waals surface area contributed by atoms with Crippen molar-refractivity contribution in [2.24, 2.45) is 5.73 Å². The van der Waals surface area contributed by atoms with Crippen molar-refractivity contribution in [3.8, 4) is 22.7 Å². The van der Waals surface area contributed by atoms with Crippen LogP contribution in [0.5, 0.6) is 5.75 Å². The van der Waals surface area contributed by atoms with Crippen molar-refractivity contribution in [3.05, 3.63) is 54.0 Å². The van der Waals surface area contributed by atoms with Crippen LogP contribution in [0.25, 0.3) is 16.9 Å². The zero-order valence-electron chi connectivity index (χ0n) is 12.7. The van der Waals surface area contributed by atoms with Gasteiger partial charge < -0.3 is 10.5 Å².